The van der Waals surface area contributed by atoms with E-state index in [1.54, 1.807) is 6.26 Å². The van der Waals surface area contributed by atoms with E-state index in [2.05, 4.69) is 17.0 Å². The molecule has 2 aromatic rings. The highest BCUT2D eigenvalue weighted by Gasteiger charge is 2.24. The molecule has 0 spiro atoms. The monoisotopic (exact) mass is 328 g/mol. The highest BCUT2D eigenvalue weighted by molar-refractivity contribution is 5.92. The Balaban J connectivity index is 1.51. The molecule has 1 saturated heterocycles. The zero-order valence-corrected chi connectivity index (χ0v) is 14.3. The van der Waals surface area contributed by atoms with Gasteiger partial charge >= 0.3 is 0 Å². The molecule has 24 heavy (non-hydrogen) atoms. The van der Waals surface area contributed by atoms with E-state index < -0.39 is 0 Å². The summed E-state index contributed by atoms with van der Waals surface area (Å²) in [6, 6.07) is 10.1. The number of furan rings is 1. The lowest BCUT2D eigenvalue weighted by Gasteiger charge is -2.34. The Morgan fingerprint density at radius 1 is 1.12 bits per heavy atom. The second kappa shape index (κ2) is 7.53. The van der Waals surface area contributed by atoms with Crippen LogP contribution >= 0.6 is 0 Å². The molecule has 0 unspecified atom stereocenters. The second-order valence-electron chi connectivity index (χ2n) is 6.08. The first-order valence-corrected chi connectivity index (χ1v) is 8.45. The molecule has 1 aliphatic heterocycles. The minimum atomic E-state index is -0.00165. The molecule has 1 aromatic heterocycles. The number of hydrogen-bond acceptors (Lipinski definition) is 4. The van der Waals surface area contributed by atoms with Crippen molar-refractivity contribution in [1.82, 2.24) is 9.80 Å². The van der Waals surface area contributed by atoms with Gasteiger partial charge in [-0.15, -0.1) is 0 Å². The van der Waals surface area contributed by atoms with Crippen LogP contribution in [0.2, 0.25) is 0 Å². The number of rotatable bonds is 5. The van der Waals surface area contributed by atoms with Crippen LogP contribution in [0.5, 0.6) is 5.75 Å². The number of ether oxygens (including phenoxy) is 1. The van der Waals surface area contributed by atoms with E-state index in [0.717, 1.165) is 44.0 Å². The lowest BCUT2D eigenvalue weighted by molar-refractivity contribution is 0.0597. The Morgan fingerprint density at radius 3 is 2.42 bits per heavy atom. The van der Waals surface area contributed by atoms with E-state index in [0.29, 0.717) is 12.4 Å². The maximum atomic E-state index is 12.4. The molecule has 1 amide bonds. The second-order valence-corrected chi connectivity index (χ2v) is 6.08. The average molecular weight is 328 g/mol. The van der Waals surface area contributed by atoms with Crippen molar-refractivity contribution in [3.8, 4) is 5.75 Å². The van der Waals surface area contributed by atoms with Crippen LogP contribution in [-0.2, 0) is 6.54 Å². The molecule has 0 aliphatic carbocycles. The molecule has 1 aromatic carbocycles. The first kappa shape index (κ1) is 16.6. The fourth-order valence-corrected chi connectivity index (χ4v) is 2.96. The molecular formula is C19H24N2O3. The highest BCUT2D eigenvalue weighted by atomic mass is 16.5. The molecule has 0 saturated carbocycles. The largest absolute Gasteiger partial charge is 0.494 e. The van der Waals surface area contributed by atoms with Gasteiger partial charge in [-0.1, -0.05) is 12.1 Å². The third kappa shape index (κ3) is 3.79. The predicted molar refractivity (Wildman–Crippen MR) is 92.2 cm³/mol. The number of aryl methyl sites for hydroxylation is 1. The van der Waals surface area contributed by atoms with Gasteiger partial charge in [0, 0.05) is 38.3 Å². The molecule has 5 heteroatoms. The molecule has 0 radical (unpaired) electrons. The van der Waals surface area contributed by atoms with Gasteiger partial charge in [0.15, 0.2) is 5.76 Å². The summed E-state index contributed by atoms with van der Waals surface area (Å²) in [4.78, 5) is 16.7. The average Bonchev–Trinajstić information content (AvgIpc) is 3.03. The smallest absolute Gasteiger partial charge is 0.289 e. The van der Waals surface area contributed by atoms with Gasteiger partial charge < -0.3 is 14.1 Å². The van der Waals surface area contributed by atoms with E-state index in [1.165, 1.54) is 5.56 Å². The molecule has 2 heterocycles. The van der Waals surface area contributed by atoms with Gasteiger partial charge in [0.25, 0.3) is 5.91 Å². The summed E-state index contributed by atoms with van der Waals surface area (Å²) < 4.78 is 10.8. The Kier molecular flexibility index (Phi) is 5.20. The summed E-state index contributed by atoms with van der Waals surface area (Å²) in [6.07, 6.45) is 1.57. The van der Waals surface area contributed by atoms with Crippen molar-refractivity contribution in [1.29, 1.82) is 0 Å². The Morgan fingerprint density at radius 2 is 1.83 bits per heavy atom. The van der Waals surface area contributed by atoms with Crippen molar-refractivity contribution < 1.29 is 13.9 Å². The van der Waals surface area contributed by atoms with Gasteiger partial charge in [0.05, 0.1) is 12.9 Å². The van der Waals surface area contributed by atoms with E-state index in [4.69, 9.17) is 9.15 Å². The molecule has 0 N–H and O–H groups in total. The van der Waals surface area contributed by atoms with Crippen molar-refractivity contribution in [3.63, 3.8) is 0 Å². The van der Waals surface area contributed by atoms with Gasteiger partial charge in [-0.3, -0.25) is 9.69 Å². The van der Waals surface area contributed by atoms with Crippen LogP contribution < -0.4 is 4.74 Å². The van der Waals surface area contributed by atoms with Crippen molar-refractivity contribution in [2.45, 2.75) is 20.4 Å². The van der Waals surface area contributed by atoms with Gasteiger partial charge in [-0.2, -0.15) is 0 Å². The molecule has 0 atom stereocenters. The number of benzene rings is 1. The topological polar surface area (TPSA) is 45.9 Å². The number of amides is 1. The van der Waals surface area contributed by atoms with Gasteiger partial charge in [-0.05, 0) is 37.6 Å². The van der Waals surface area contributed by atoms with Crippen molar-refractivity contribution >= 4 is 5.91 Å². The first-order valence-electron chi connectivity index (χ1n) is 8.45. The van der Waals surface area contributed by atoms with Crippen LogP contribution in [0, 0.1) is 6.92 Å². The van der Waals surface area contributed by atoms with E-state index >= 15 is 0 Å². The van der Waals surface area contributed by atoms with Gasteiger partial charge in [0.2, 0.25) is 0 Å². The zero-order valence-electron chi connectivity index (χ0n) is 14.3. The van der Waals surface area contributed by atoms with Crippen LogP contribution in [0.3, 0.4) is 0 Å². The van der Waals surface area contributed by atoms with Crippen molar-refractivity contribution in [2.24, 2.45) is 0 Å². The highest BCUT2D eigenvalue weighted by Crippen LogP contribution is 2.17. The first-order chi connectivity index (χ1) is 11.7. The van der Waals surface area contributed by atoms with E-state index in [-0.39, 0.29) is 5.91 Å². The zero-order chi connectivity index (χ0) is 16.9. The molecule has 3 rings (SSSR count). The van der Waals surface area contributed by atoms with Gasteiger partial charge in [-0.25, -0.2) is 0 Å². The molecule has 1 aliphatic rings. The summed E-state index contributed by atoms with van der Waals surface area (Å²) >= 11 is 0. The Hall–Kier alpha value is -2.27. The third-order valence-electron chi connectivity index (χ3n) is 4.36. The van der Waals surface area contributed by atoms with Crippen LogP contribution in [0.4, 0.5) is 0 Å². The molecule has 5 nitrogen and oxygen atoms in total. The quantitative estimate of drug-likeness (QED) is 0.846. The maximum absolute atomic E-state index is 12.4. The summed E-state index contributed by atoms with van der Waals surface area (Å²) in [5.74, 6) is 1.37. The number of nitrogens with zero attached hydrogens (tertiary/aromatic N) is 2. The third-order valence-corrected chi connectivity index (χ3v) is 4.36. The van der Waals surface area contributed by atoms with Crippen LogP contribution in [-0.4, -0.2) is 48.5 Å². The molecule has 0 bridgehead atoms. The lowest BCUT2D eigenvalue weighted by atomic mass is 10.2. The number of carbonyl (C=O) groups excluding carboxylic acids is 1. The minimum absolute atomic E-state index is 0.00165. The summed E-state index contributed by atoms with van der Waals surface area (Å²) in [6.45, 7) is 8.68. The fraction of sp³-hybridized carbons (Fsp3) is 0.421. The Bertz CT molecular complexity index is 670. The Labute approximate surface area is 142 Å². The van der Waals surface area contributed by atoms with Crippen LogP contribution in [0.1, 0.15) is 28.6 Å². The van der Waals surface area contributed by atoms with Crippen molar-refractivity contribution in [3.05, 3.63) is 53.5 Å². The SMILES string of the molecule is CCOc1ccc(CN2CCN(C(=O)c3occc3C)CC2)cc1. The normalized spacial score (nSPS) is 15.5. The molecular weight excluding hydrogens is 304 g/mol. The number of piperazine rings is 1. The molecule has 128 valence electrons. The van der Waals surface area contributed by atoms with Gasteiger partial charge in [0.1, 0.15) is 5.75 Å². The summed E-state index contributed by atoms with van der Waals surface area (Å²) in [5.41, 5.74) is 2.16. The van der Waals surface area contributed by atoms with E-state index in [9.17, 15) is 4.79 Å². The van der Waals surface area contributed by atoms with Crippen LogP contribution in [0.15, 0.2) is 41.0 Å². The lowest BCUT2D eigenvalue weighted by Crippen LogP contribution is -2.48. The molecule has 1 fully saturated rings. The van der Waals surface area contributed by atoms with Crippen molar-refractivity contribution in [2.75, 3.05) is 32.8 Å². The fourth-order valence-electron chi connectivity index (χ4n) is 2.96. The van der Waals surface area contributed by atoms with Crippen LogP contribution in [0.25, 0.3) is 0 Å². The van der Waals surface area contributed by atoms with E-state index in [1.807, 2.05) is 36.9 Å². The predicted octanol–water partition coefficient (Wildman–Crippen LogP) is 2.94. The summed E-state index contributed by atoms with van der Waals surface area (Å²) in [7, 11) is 0. The minimum Gasteiger partial charge on any atom is -0.494 e. The number of hydrogen-bond donors (Lipinski definition) is 0. The summed E-state index contributed by atoms with van der Waals surface area (Å²) in [5, 5.41) is 0. The maximum Gasteiger partial charge on any atom is 0.289 e. The number of carbonyl (C=O) groups is 1. The standard InChI is InChI=1S/C19H24N2O3/c1-3-23-17-6-4-16(5-7-17)14-20-9-11-21(12-10-20)19(22)18-15(2)8-13-24-18/h4-8,13H,3,9-12,14H2,1-2H3.